The molecule has 4 heterocycles. The predicted octanol–water partition coefficient (Wildman–Crippen LogP) is 7.81. The van der Waals surface area contributed by atoms with E-state index in [-0.39, 0.29) is 40.4 Å². The lowest BCUT2D eigenvalue weighted by atomic mass is 9.86. The van der Waals surface area contributed by atoms with Gasteiger partial charge in [0.15, 0.2) is 5.65 Å². The number of amides is 1. The highest BCUT2D eigenvalue weighted by atomic mass is 127. The number of piperidine rings is 1. The summed E-state index contributed by atoms with van der Waals surface area (Å²) in [7, 11) is 0. The SMILES string of the molecule is CC(C)(C)c1cc(SC(F)(F)F)cc(-c2nc(C3CCN(C(=O)Cn4cnc5cccnc54)CC3)sc2CI)c1. The standard InChI is InChI=1S/C28H29F3IN5OS2/c1-27(2,3)19-11-18(12-20(13-19)40-28(29,30)31)24-22(14-32)39-26(35-24)17-6-9-36(10-7-17)23(38)15-37-16-34-21-5-4-8-33-25(21)37/h4-5,8,11-13,16-17H,6-7,9-10,14-15H2,1-3H3. The van der Waals surface area contributed by atoms with Crippen LogP contribution in [0.25, 0.3) is 22.4 Å². The Labute approximate surface area is 252 Å². The molecule has 0 atom stereocenters. The summed E-state index contributed by atoms with van der Waals surface area (Å²) in [5, 5.41) is 0.991. The lowest BCUT2D eigenvalue weighted by Crippen LogP contribution is -2.39. The molecular formula is C28H29F3IN5OS2. The summed E-state index contributed by atoms with van der Waals surface area (Å²) >= 11 is 3.85. The van der Waals surface area contributed by atoms with Gasteiger partial charge >= 0.3 is 5.51 Å². The van der Waals surface area contributed by atoms with Gasteiger partial charge in [-0.3, -0.25) is 4.79 Å². The highest BCUT2D eigenvalue weighted by Crippen LogP contribution is 2.43. The first-order valence-corrected chi connectivity index (χ1v) is 16.1. The van der Waals surface area contributed by atoms with Crippen molar-refractivity contribution in [3.8, 4) is 11.3 Å². The number of hydrogen-bond acceptors (Lipinski definition) is 6. The molecule has 1 amide bonds. The second kappa shape index (κ2) is 11.6. The number of alkyl halides is 4. The van der Waals surface area contributed by atoms with E-state index in [4.69, 9.17) is 4.98 Å². The first-order chi connectivity index (χ1) is 18.9. The molecule has 0 N–H and O–H groups in total. The van der Waals surface area contributed by atoms with Gasteiger partial charge in [0, 0.05) is 45.0 Å². The maximum atomic E-state index is 13.3. The van der Waals surface area contributed by atoms with E-state index >= 15 is 0 Å². The molecule has 0 radical (unpaired) electrons. The monoisotopic (exact) mass is 699 g/mol. The van der Waals surface area contributed by atoms with Gasteiger partial charge in [0.25, 0.3) is 0 Å². The van der Waals surface area contributed by atoms with Gasteiger partial charge in [-0.25, -0.2) is 15.0 Å². The van der Waals surface area contributed by atoms with E-state index in [9.17, 15) is 18.0 Å². The molecular weight excluding hydrogens is 670 g/mol. The Morgan fingerprint density at radius 2 is 1.90 bits per heavy atom. The van der Waals surface area contributed by atoms with Crippen molar-refractivity contribution < 1.29 is 18.0 Å². The second-order valence-corrected chi connectivity index (χ2v) is 13.9. The maximum absolute atomic E-state index is 13.3. The van der Waals surface area contributed by atoms with E-state index < -0.39 is 5.51 Å². The van der Waals surface area contributed by atoms with Crippen molar-refractivity contribution in [2.75, 3.05) is 13.1 Å². The number of halogens is 4. The van der Waals surface area contributed by atoms with E-state index in [1.165, 1.54) is 0 Å². The first kappa shape index (κ1) is 29.3. The number of fused-ring (bicyclic) bond motifs is 1. The summed E-state index contributed by atoms with van der Waals surface area (Å²) in [6, 6.07) is 8.91. The zero-order valence-corrected chi connectivity index (χ0v) is 26.1. The third kappa shape index (κ3) is 6.64. The Morgan fingerprint density at radius 1 is 1.15 bits per heavy atom. The minimum Gasteiger partial charge on any atom is -0.341 e. The van der Waals surface area contributed by atoms with Crippen molar-refractivity contribution in [1.82, 2.24) is 24.4 Å². The lowest BCUT2D eigenvalue weighted by Gasteiger charge is -2.31. The van der Waals surface area contributed by atoms with Gasteiger partial charge in [0.05, 0.1) is 17.0 Å². The van der Waals surface area contributed by atoms with E-state index in [2.05, 4.69) is 32.6 Å². The van der Waals surface area contributed by atoms with Gasteiger partial charge in [-0.05, 0) is 65.9 Å². The van der Waals surface area contributed by atoms with Gasteiger partial charge < -0.3 is 9.47 Å². The third-order valence-electron chi connectivity index (χ3n) is 6.99. The van der Waals surface area contributed by atoms with Crippen LogP contribution in [-0.4, -0.2) is 48.9 Å². The number of pyridine rings is 1. The Balaban J connectivity index is 1.33. The normalized spacial score (nSPS) is 15.2. The summed E-state index contributed by atoms with van der Waals surface area (Å²) in [4.78, 5) is 29.8. The number of aromatic nitrogens is 4. The molecule has 0 saturated carbocycles. The van der Waals surface area contributed by atoms with E-state index in [0.717, 1.165) is 49.5 Å². The van der Waals surface area contributed by atoms with Gasteiger partial charge in [0.1, 0.15) is 12.1 Å². The zero-order chi connectivity index (χ0) is 28.7. The van der Waals surface area contributed by atoms with Crippen molar-refractivity contribution in [1.29, 1.82) is 0 Å². The van der Waals surface area contributed by atoms with Crippen LogP contribution in [0.3, 0.4) is 0 Å². The fraction of sp³-hybridized carbons (Fsp3) is 0.429. The molecule has 12 heteroatoms. The summed E-state index contributed by atoms with van der Waals surface area (Å²) < 4.78 is 42.3. The van der Waals surface area contributed by atoms with E-state index in [1.807, 2.05) is 43.9 Å². The van der Waals surface area contributed by atoms with E-state index in [0.29, 0.717) is 18.7 Å². The molecule has 1 saturated heterocycles. The molecule has 0 bridgehead atoms. The largest absolute Gasteiger partial charge is 0.446 e. The predicted molar refractivity (Wildman–Crippen MR) is 162 cm³/mol. The number of nitrogens with zero attached hydrogens (tertiary/aromatic N) is 5. The molecule has 1 aliphatic rings. The van der Waals surface area contributed by atoms with Crippen molar-refractivity contribution in [2.45, 2.75) is 66.3 Å². The van der Waals surface area contributed by atoms with Gasteiger partial charge in [-0.15, -0.1) is 11.3 Å². The number of benzene rings is 1. The maximum Gasteiger partial charge on any atom is 0.446 e. The molecule has 3 aromatic heterocycles. The molecule has 0 spiro atoms. The summed E-state index contributed by atoms with van der Waals surface area (Å²) in [5.41, 5.74) is -0.877. The number of carbonyl (C=O) groups is 1. The number of likely N-dealkylation sites (tertiary alicyclic amines) is 1. The Kier molecular flexibility index (Phi) is 8.49. The smallest absolute Gasteiger partial charge is 0.341 e. The third-order valence-corrected chi connectivity index (χ3v) is 10.2. The van der Waals surface area contributed by atoms with Crippen LogP contribution in [0.5, 0.6) is 0 Å². The van der Waals surface area contributed by atoms with Gasteiger partial charge in [0.2, 0.25) is 5.91 Å². The van der Waals surface area contributed by atoms with E-state index in [1.54, 1.807) is 40.6 Å². The molecule has 6 nitrogen and oxygen atoms in total. The molecule has 5 rings (SSSR count). The summed E-state index contributed by atoms with van der Waals surface area (Å²) in [6.45, 7) is 7.46. The van der Waals surface area contributed by atoms with Crippen molar-refractivity contribution in [2.24, 2.45) is 0 Å². The molecule has 0 unspecified atom stereocenters. The van der Waals surface area contributed by atoms with Crippen LogP contribution in [0.1, 0.15) is 55.0 Å². The topological polar surface area (TPSA) is 63.9 Å². The van der Waals surface area contributed by atoms with Crippen LogP contribution in [0.2, 0.25) is 0 Å². The number of imidazole rings is 1. The average Bonchev–Trinajstić information content (AvgIpc) is 3.52. The van der Waals surface area contributed by atoms with Crippen molar-refractivity contribution >= 4 is 62.8 Å². The number of rotatable bonds is 6. The first-order valence-electron chi connectivity index (χ1n) is 12.9. The zero-order valence-electron chi connectivity index (χ0n) is 22.3. The van der Waals surface area contributed by atoms with Gasteiger partial charge in [-0.2, -0.15) is 13.2 Å². The minimum absolute atomic E-state index is 0.0323. The second-order valence-electron chi connectivity index (χ2n) is 10.9. The van der Waals surface area contributed by atoms with Crippen LogP contribution in [0, 0.1) is 0 Å². The molecule has 1 aromatic carbocycles. The fourth-order valence-electron chi connectivity index (χ4n) is 4.86. The Bertz CT molecular complexity index is 1520. The fourth-order valence-corrected chi connectivity index (χ4v) is 7.43. The molecule has 1 aliphatic heterocycles. The Hall–Kier alpha value is -2.19. The van der Waals surface area contributed by atoms with Crippen LogP contribution < -0.4 is 0 Å². The number of carbonyl (C=O) groups excluding carboxylic acids is 1. The molecule has 212 valence electrons. The number of hydrogen-bond donors (Lipinski definition) is 0. The quantitative estimate of drug-likeness (QED) is 0.117. The van der Waals surface area contributed by atoms with Gasteiger partial charge in [-0.1, -0.05) is 43.4 Å². The minimum atomic E-state index is -4.36. The molecule has 0 aliphatic carbocycles. The Morgan fingerprint density at radius 3 is 2.58 bits per heavy atom. The summed E-state index contributed by atoms with van der Waals surface area (Å²) in [5.74, 6) is 0.236. The highest BCUT2D eigenvalue weighted by molar-refractivity contribution is 14.1. The van der Waals surface area contributed by atoms with Crippen LogP contribution in [-0.2, 0) is 21.2 Å². The average molecular weight is 700 g/mol. The molecule has 1 fully saturated rings. The molecule has 40 heavy (non-hydrogen) atoms. The lowest BCUT2D eigenvalue weighted by molar-refractivity contribution is -0.132. The summed E-state index contributed by atoms with van der Waals surface area (Å²) in [6.07, 6.45) is 4.93. The number of thiazole rings is 1. The van der Waals surface area contributed by atoms with Crippen molar-refractivity contribution in [3.05, 3.63) is 58.3 Å². The number of thioether (sulfide) groups is 1. The highest BCUT2D eigenvalue weighted by Gasteiger charge is 2.31. The van der Waals surface area contributed by atoms with Crippen LogP contribution >= 0.6 is 45.7 Å². The van der Waals surface area contributed by atoms with Crippen LogP contribution in [0.15, 0.2) is 47.8 Å². The van der Waals surface area contributed by atoms with Crippen molar-refractivity contribution in [3.63, 3.8) is 0 Å². The molecule has 4 aromatic rings. The van der Waals surface area contributed by atoms with Crippen LogP contribution in [0.4, 0.5) is 13.2 Å².